The minimum Gasteiger partial charge on any atom is -0.492 e. The van der Waals surface area contributed by atoms with Crippen LogP contribution in [0.5, 0.6) is 5.75 Å². The number of rotatable bonds is 7. The lowest BCUT2D eigenvalue weighted by atomic mass is 10.2. The maximum Gasteiger partial charge on any atom is 0.232 e. The first-order valence-corrected chi connectivity index (χ1v) is 9.52. The van der Waals surface area contributed by atoms with Crippen LogP contribution in [0.2, 0.25) is 10.0 Å². The van der Waals surface area contributed by atoms with Gasteiger partial charge in [0.2, 0.25) is 9.05 Å². The lowest BCUT2D eigenvalue weighted by Gasteiger charge is -2.09. The van der Waals surface area contributed by atoms with Gasteiger partial charge in [0.1, 0.15) is 5.75 Å². The number of hydrogen-bond acceptors (Lipinski definition) is 3. The summed E-state index contributed by atoms with van der Waals surface area (Å²) >= 11 is 15.2. The zero-order valence-electron chi connectivity index (χ0n) is 9.84. The molecule has 0 atom stereocenters. The van der Waals surface area contributed by atoms with Crippen molar-refractivity contribution < 1.29 is 13.2 Å². The molecule has 0 bridgehead atoms. The van der Waals surface area contributed by atoms with Gasteiger partial charge in [-0.2, -0.15) is 0 Å². The summed E-state index contributed by atoms with van der Waals surface area (Å²) in [6.45, 7) is 0.444. The van der Waals surface area contributed by atoms with Crippen molar-refractivity contribution in [2.75, 3.05) is 12.4 Å². The van der Waals surface area contributed by atoms with Crippen LogP contribution in [0.15, 0.2) is 16.6 Å². The summed E-state index contributed by atoms with van der Waals surface area (Å²) < 4.78 is 27.6. The van der Waals surface area contributed by atoms with Gasteiger partial charge in [-0.25, -0.2) is 8.42 Å². The number of ether oxygens (including phenoxy) is 1. The van der Waals surface area contributed by atoms with Crippen molar-refractivity contribution in [1.82, 2.24) is 0 Å². The Balaban J connectivity index is 2.32. The van der Waals surface area contributed by atoms with Gasteiger partial charge in [-0.3, -0.25) is 0 Å². The molecule has 0 saturated heterocycles. The largest absolute Gasteiger partial charge is 0.492 e. The molecule has 0 radical (unpaired) electrons. The second kappa shape index (κ2) is 7.93. The lowest BCUT2D eigenvalue weighted by Crippen LogP contribution is -2.01. The van der Waals surface area contributed by atoms with E-state index in [0.717, 1.165) is 6.42 Å². The lowest BCUT2D eigenvalue weighted by molar-refractivity contribution is 0.306. The van der Waals surface area contributed by atoms with Crippen molar-refractivity contribution in [3.63, 3.8) is 0 Å². The molecular weight excluding hydrogens is 398 g/mol. The fourth-order valence-corrected chi connectivity index (χ4v) is 3.07. The summed E-state index contributed by atoms with van der Waals surface area (Å²) in [5.41, 5.74) is 0. The van der Waals surface area contributed by atoms with Gasteiger partial charge in [-0.1, -0.05) is 23.2 Å². The average molecular weight is 411 g/mol. The maximum absolute atomic E-state index is 10.7. The van der Waals surface area contributed by atoms with Crippen LogP contribution in [0.4, 0.5) is 0 Å². The fourth-order valence-electron chi connectivity index (χ4n) is 1.35. The van der Waals surface area contributed by atoms with Crippen molar-refractivity contribution in [3.05, 3.63) is 26.7 Å². The maximum atomic E-state index is 10.7. The van der Waals surface area contributed by atoms with E-state index in [2.05, 4.69) is 15.9 Å². The Kier molecular flexibility index (Phi) is 7.25. The molecule has 0 aliphatic heterocycles. The molecule has 19 heavy (non-hydrogen) atoms. The summed E-state index contributed by atoms with van der Waals surface area (Å²) in [5.74, 6) is 0.499. The predicted octanol–water partition coefficient (Wildman–Crippen LogP) is 4.87. The smallest absolute Gasteiger partial charge is 0.232 e. The van der Waals surface area contributed by atoms with Gasteiger partial charge in [-0.15, -0.1) is 0 Å². The van der Waals surface area contributed by atoms with Gasteiger partial charge in [-0.05, 0) is 41.3 Å². The molecule has 0 fully saturated rings. The van der Waals surface area contributed by atoms with E-state index in [0.29, 0.717) is 39.7 Å². The van der Waals surface area contributed by atoms with E-state index in [1.54, 1.807) is 12.1 Å². The van der Waals surface area contributed by atoms with E-state index >= 15 is 0 Å². The van der Waals surface area contributed by atoms with Crippen LogP contribution < -0.4 is 4.74 Å². The molecule has 3 nitrogen and oxygen atoms in total. The third-order valence-corrected chi connectivity index (χ3v) is 5.00. The molecule has 0 aliphatic carbocycles. The first-order valence-electron chi connectivity index (χ1n) is 5.49. The van der Waals surface area contributed by atoms with E-state index in [4.69, 9.17) is 38.6 Å². The molecule has 108 valence electrons. The highest BCUT2D eigenvalue weighted by Crippen LogP contribution is 2.34. The molecule has 0 saturated carbocycles. The Labute approximate surface area is 135 Å². The number of halogens is 4. The highest BCUT2D eigenvalue weighted by Gasteiger charge is 2.07. The van der Waals surface area contributed by atoms with E-state index in [1.807, 2.05) is 0 Å². The van der Waals surface area contributed by atoms with Gasteiger partial charge in [0.25, 0.3) is 0 Å². The van der Waals surface area contributed by atoms with Crippen molar-refractivity contribution >= 4 is 58.9 Å². The Bertz CT molecular complexity index is 534. The minimum atomic E-state index is -3.39. The SMILES string of the molecule is O=S(=O)(Cl)CCCCCOc1cc(Cl)c(Br)cc1Cl. The first kappa shape index (κ1) is 17.4. The van der Waals surface area contributed by atoms with E-state index in [1.165, 1.54) is 0 Å². The molecule has 0 N–H and O–H groups in total. The quantitative estimate of drug-likeness (QED) is 0.366. The standard InChI is InChI=1S/C11H12BrCl3O3S/c12-8-6-10(14)11(7-9(8)13)18-4-2-1-3-5-19(15,16)17/h6-7H,1-5H2. The molecule has 1 aromatic carbocycles. The summed E-state index contributed by atoms with van der Waals surface area (Å²) in [4.78, 5) is 0. The van der Waals surface area contributed by atoms with E-state index in [9.17, 15) is 8.42 Å². The molecule has 0 aliphatic rings. The van der Waals surface area contributed by atoms with Crippen molar-refractivity contribution in [1.29, 1.82) is 0 Å². The Morgan fingerprint density at radius 1 is 1.11 bits per heavy atom. The second-order valence-electron chi connectivity index (χ2n) is 3.85. The third kappa shape index (κ3) is 7.04. The van der Waals surface area contributed by atoms with Gasteiger partial charge in [0.15, 0.2) is 0 Å². The molecule has 0 heterocycles. The van der Waals surface area contributed by atoms with Crippen LogP contribution in [0.25, 0.3) is 0 Å². The van der Waals surface area contributed by atoms with E-state index < -0.39 is 9.05 Å². The summed E-state index contributed by atoms with van der Waals surface area (Å²) in [5, 5.41) is 0.993. The van der Waals surface area contributed by atoms with E-state index in [-0.39, 0.29) is 5.75 Å². The Hall–Kier alpha value is 0.320. The molecule has 0 spiro atoms. The molecule has 1 rings (SSSR count). The zero-order chi connectivity index (χ0) is 14.5. The fraction of sp³-hybridized carbons (Fsp3) is 0.455. The first-order chi connectivity index (χ1) is 8.79. The van der Waals surface area contributed by atoms with Crippen molar-refractivity contribution in [2.45, 2.75) is 19.3 Å². The molecular formula is C11H12BrCl3O3S. The summed E-state index contributed by atoms with van der Waals surface area (Å²) in [7, 11) is 1.71. The van der Waals surface area contributed by atoms with Gasteiger partial charge in [0, 0.05) is 21.2 Å². The molecule has 0 unspecified atom stereocenters. The van der Waals surface area contributed by atoms with Crippen LogP contribution >= 0.6 is 49.8 Å². The minimum absolute atomic E-state index is 0.0145. The van der Waals surface area contributed by atoms with Gasteiger partial charge in [0.05, 0.1) is 22.4 Å². The number of unbranched alkanes of at least 4 members (excludes halogenated alkanes) is 2. The van der Waals surface area contributed by atoms with Gasteiger partial charge >= 0.3 is 0 Å². The van der Waals surface area contributed by atoms with Crippen molar-refractivity contribution in [3.8, 4) is 5.75 Å². The Morgan fingerprint density at radius 2 is 1.79 bits per heavy atom. The number of hydrogen-bond donors (Lipinski definition) is 0. The van der Waals surface area contributed by atoms with Crippen molar-refractivity contribution in [2.24, 2.45) is 0 Å². The molecule has 0 amide bonds. The topological polar surface area (TPSA) is 43.4 Å². The summed E-state index contributed by atoms with van der Waals surface area (Å²) in [6.07, 6.45) is 1.95. The predicted molar refractivity (Wildman–Crippen MR) is 83.1 cm³/mol. The second-order valence-corrected chi connectivity index (χ2v) is 8.41. The highest BCUT2D eigenvalue weighted by atomic mass is 79.9. The Morgan fingerprint density at radius 3 is 2.42 bits per heavy atom. The normalized spacial score (nSPS) is 11.6. The molecule has 8 heteroatoms. The van der Waals surface area contributed by atoms with Crippen LogP contribution in [0.1, 0.15) is 19.3 Å². The summed E-state index contributed by atoms with van der Waals surface area (Å²) in [6, 6.07) is 3.30. The highest BCUT2D eigenvalue weighted by molar-refractivity contribution is 9.10. The number of benzene rings is 1. The van der Waals surface area contributed by atoms with Crippen LogP contribution in [0, 0.1) is 0 Å². The molecule has 0 aromatic heterocycles. The van der Waals surface area contributed by atoms with Crippen LogP contribution in [-0.4, -0.2) is 20.8 Å². The van der Waals surface area contributed by atoms with Crippen LogP contribution in [-0.2, 0) is 9.05 Å². The monoisotopic (exact) mass is 408 g/mol. The van der Waals surface area contributed by atoms with Gasteiger partial charge < -0.3 is 4.74 Å². The molecule has 1 aromatic rings. The third-order valence-electron chi connectivity index (χ3n) is 2.26. The zero-order valence-corrected chi connectivity index (χ0v) is 14.5. The van der Waals surface area contributed by atoms with Crippen LogP contribution in [0.3, 0.4) is 0 Å². The average Bonchev–Trinajstić information content (AvgIpc) is 2.28.